The summed E-state index contributed by atoms with van der Waals surface area (Å²) in [5.74, 6) is 0.514. The molecular weight excluding hydrogens is 156 g/mol. The third-order valence-corrected chi connectivity index (χ3v) is 1.35. The van der Waals surface area contributed by atoms with Gasteiger partial charge in [-0.05, 0) is 19.8 Å². The van der Waals surface area contributed by atoms with Crippen LogP contribution in [0.1, 0.15) is 27.7 Å². The van der Waals surface area contributed by atoms with Crippen LogP contribution >= 0.6 is 0 Å². The van der Waals surface area contributed by atoms with Crippen LogP contribution in [0.5, 0.6) is 0 Å². The van der Waals surface area contributed by atoms with Crippen molar-refractivity contribution in [2.75, 3.05) is 13.2 Å². The van der Waals surface area contributed by atoms with Crippen molar-refractivity contribution in [2.24, 2.45) is 5.92 Å². The van der Waals surface area contributed by atoms with Crippen molar-refractivity contribution in [1.82, 2.24) is 0 Å². The first-order valence-corrected chi connectivity index (χ1v) is 4.44. The largest absolute Gasteiger partial charge is 0.394 e. The minimum atomic E-state index is -0.227. The fourth-order valence-corrected chi connectivity index (χ4v) is 0.737. The number of rotatable bonds is 6. The van der Waals surface area contributed by atoms with E-state index in [1.165, 1.54) is 0 Å². The van der Waals surface area contributed by atoms with Crippen LogP contribution < -0.4 is 0 Å². The van der Waals surface area contributed by atoms with Crippen molar-refractivity contribution in [1.29, 1.82) is 0 Å². The van der Waals surface area contributed by atoms with Gasteiger partial charge in [-0.25, -0.2) is 0 Å². The molecule has 12 heavy (non-hydrogen) atoms. The van der Waals surface area contributed by atoms with Gasteiger partial charge in [-0.1, -0.05) is 13.8 Å². The van der Waals surface area contributed by atoms with E-state index in [1.54, 1.807) is 0 Å². The molecule has 0 radical (unpaired) electrons. The highest BCUT2D eigenvalue weighted by atomic mass is 16.7. The zero-order valence-electron chi connectivity index (χ0n) is 8.41. The van der Waals surface area contributed by atoms with E-state index in [4.69, 9.17) is 14.6 Å². The van der Waals surface area contributed by atoms with Crippen LogP contribution in [0.15, 0.2) is 0 Å². The van der Waals surface area contributed by atoms with E-state index in [2.05, 4.69) is 13.8 Å². The number of ether oxygens (including phenoxy) is 2. The summed E-state index contributed by atoms with van der Waals surface area (Å²) >= 11 is 0. The van der Waals surface area contributed by atoms with Crippen LogP contribution in [-0.2, 0) is 9.47 Å². The molecule has 0 bridgehead atoms. The van der Waals surface area contributed by atoms with Crippen LogP contribution in [0.3, 0.4) is 0 Å². The van der Waals surface area contributed by atoms with Gasteiger partial charge in [-0.2, -0.15) is 0 Å². The minimum Gasteiger partial charge on any atom is -0.394 e. The second kappa shape index (κ2) is 6.40. The molecule has 2 atom stereocenters. The van der Waals surface area contributed by atoms with E-state index in [9.17, 15) is 0 Å². The van der Waals surface area contributed by atoms with E-state index >= 15 is 0 Å². The van der Waals surface area contributed by atoms with Crippen molar-refractivity contribution < 1.29 is 14.6 Å². The van der Waals surface area contributed by atoms with Crippen molar-refractivity contribution in [3.63, 3.8) is 0 Å². The van der Waals surface area contributed by atoms with E-state index in [0.29, 0.717) is 12.5 Å². The topological polar surface area (TPSA) is 38.7 Å². The molecule has 0 rings (SSSR count). The summed E-state index contributed by atoms with van der Waals surface area (Å²) in [6, 6.07) is 0. The number of aliphatic hydroxyl groups is 1. The van der Waals surface area contributed by atoms with E-state index in [0.717, 1.165) is 0 Å². The van der Waals surface area contributed by atoms with Gasteiger partial charge in [0.05, 0.1) is 19.3 Å². The van der Waals surface area contributed by atoms with E-state index in [1.807, 2.05) is 13.8 Å². The number of hydrogen-bond acceptors (Lipinski definition) is 3. The van der Waals surface area contributed by atoms with Gasteiger partial charge < -0.3 is 14.6 Å². The molecule has 0 heterocycles. The highest BCUT2D eigenvalue weighted by molar-refractivity contribution is 4.46. The van der Waals surface area contributed by atoms with Crippen LogP contribution in [0.2, 0.25) is 0 Å². The first-order valence-electron chi connectivity index (χ1n) is 4.44. The molecule has 0 aliphatic heterocycles. The SMILES string of the molecule is CC(C)CO[C@@H](C)OC(C)CO. The Morgan fingerprint density at radius 1 is 1.17 bits per heavy atom. The molecule has 0 amide bonds. The fraction of sp³-hybridized carbons (Fsp3) is 1.00. The molecule has 0 aromatic heterocycles. The Hall–Kier alpha value is -0.120. The second-order valence-corrected chi connectivity index (χ2v) is 3.42. The Kier molecular flexibility index (Phi) is 6.34. The third kappa shape index (κ3) is 6.58. The van der Waals surface area contributed by atoms with Gasteiger partial charge in [0.2, 0.25) is 0 Å². The lowest BCUT2D eigenvalue weighted by atomic mass is 10.2. The summed E-state index contributed by atoms with van der Waals surface area (Å²) in [6.45, 7) is 8.56. The monoisotopic (exact) mass is 176 g/mol. The predicted octanol–water partition coefficient (Wildman–Crippen LogP) is 1.40. The van der Waals surface area contributed by atoms with Crippen LogP contribution in [0, 0.1) is 5.92 Å². The summed E-state index contributed by atoms with van der Waals surface area (Å²) < 4.78 is 10.6. The van der Waals surface area contributed by atoms with Crippen molar-refractivity contribution in [3.05, 3.63) is 0 Å². The minimum absolute atomic E-state index is 0.0371. The molecule has 3 heteroatoms. The zero-order valence-corrected chi connectivity index (χ0v) is 8.41. The highest BCUT2D eigenvalue weighted by Crippen LogP contribution is 2.02. The zero-order chi connectivity index (χ0) is 9.56. The molecule has 0 aliphatic rings. The Labute approximate surface area is 74.7 Å². The predicted molar refractivity (Wildman–Crippen MR) is 47.9 cm³/mol. The molecule has 74 valence electrons. The van der Waals surface area contributed by atoms with Crippen LogP contribution in [0.25, 0.3) is 0 Å². The summed E-state index contributed by atoms with van der Waals surface area (Å²) in [6.07, 6.45) is -0.373. The summed E-state index contributed by atoms with van der Waals surface area (Å²) in [5.41, 5.74) is 0. The molecule has 0 spiro atoms. The molecular formula is C9H20O3. The first-order chi connectivity index (χ1) is 5.56. The smallest absolute Gasteiger partial charge is 0.155 e. The van der Waals surface area contributed by atoms with Gasteiger partial charge in [0.1, 0.15) is 0 Å². The molecule has 0 aromatic rings. The fourth-order valence-electron chi connectivity index (χ4n) is 0.737. The normalized spacial score (nSPS) is 16.5. The second-order valence-electron chi connectivity index (χ2n) is 3.42. The molecule has 0 saturated carbocycles. The standard InChI is InChI=1S/C9H20O3/c1-7(2)6-11-9(4)12-8(3)5-10/h7-10H,5-6H2,1-4H3/t8?,9-/m1/s1. The maximum atomic E-state index is 8.68. The molecule has 1 N–H and O–H groups in total. The summed E-state index contributed by atoms with van der Waals surface area (Å²) in [4.78, 5) is 0. The van der Waals surface area contributed by atoms with Gasteiger partial charge in [0.25, 0.3) is 0 Å². The summed E-state index contributed by atoms with van der Waals surface area (Å²) in [7, 11) is 0. The van der Waals surface area contributed by atoms with Crippen molar-refractivity contribution >= 4 is 0 Å². The Bertz CT molecular complexity index is 104. The maximum absolute atomic E-state index is 8.68. The molecule has 0 aliphatic carbocycles. The molecule has 1 unspecified atom stereocenters. The van der Waals surface area contributed by atoms with Gasteiger partial charge in [0, 0.05) is 0 Å². The molecule has 0 saturated heterocycles. The molecule has 3 nitrogen and oxygen atoms in total. The quantitative estimate of drug-likeness (QED) is 0.622. The average molecular weight is 176 g/mol. The van der Waals surface area contributed by atoms with Crippen molar-refractivity contribution in [2.45, 2.75) is 40.1 Å². The Morgan fingerprint density at radius 3 is 2.17 bits per heavy atom. The molecule has 0 aromatic carbocycles. The van der Waals surface area contributed by atoms with Crippen LogP contribution in [-0.4, -0.2) is 30.7 Å². The van der Waals surface area contributed by atoms with Gasteiger partial charge in [-0.15, -0.1) is 0 Å². The highest BCUT2D eigenvalue weighted by Gasteiger charge is 2.07. The lowest BCUT2D eigenvalue weighted by Gasteiger charge is -2.18. The number of hydrogen-bond donors (Lipinski definition) is 1. The molecule has 0 fully saturated rings. The van der Waals surface area contributed by atoms with E-state index < -0.39 is 0 Å². The number of aliphatic hydroxyl groups excluding tert-OH is 1. The van der Waals surface area contributed by atoms with Gasteiger partial charge in [-0.3, -0.25) is 0 Å². The van der Waals surface area contributed by atoms with Crippen molar-refractivity contribution in [3.8, 4) is 0 Å². The third-order valence-electron chi connectivity index (χ3n) is 1.35. The van der Waals surface area contributed by atoms with Gasteiger partial charge in [0.15, 0.2) is 6.29 Å². The summed E-state index contributed by atoms with van der Waals surface area (Å²) in [5, 5.41) is 8.68. The van der Waals surface area contributed by atoms with Crippen LogP contribution in [0.4, 0.5) is 0 Å². The lowest BCUT2D eigenvalue weighted by molar-refractivity contribution is -0.167. The average Bonchev–Trinajstić information content (AvgIpc) is 2.00. The first kappa shape index (κ1) is 11.9. The maximum Gasteiger partial charge on any atom is 0.155 e. The Morgan fingerprint density at radius 2 is 1.75 bits per heavy atom. The Balaban J connectivity index is 3.39. The van der Waals surface area contributed by atoms with Gasteiger partial charge >= 0.3 is 0 Å². The lowest BCUT2D eigenvalue weighted by Crippen LogP contribution is -2.23. The van der Waals surface area contributed by atoms with E-state index in [-0.39, 0.29) is 19.0 Å².